The molecule has 0 spiro atoms. The number of nitrogens with zero attached hydrogens (tertiary/aromatic N) is 4. The van der Waals surface area contributed by atoms with Crippen LogP contribution in [0.15, 0.2) is 39.2 Å². The summed E-state index contributed by atoms with van der Waals surface area (Å²) in [5, 5.41) is 9.70. The number of hydrogen-bond acceptors (Lipinski definition) is 6. The lowest BCUT2D eigenvalue weighted by Crippen LogP contribution is -2.41. The molecule has 0 radical (unpaired) electrons. The topological polar surface area (TPSA) is 72.1 Å². The number of fused-ring (bicyclic) bond motifs is 1. The maximum atomic E-state index is 12.4. The van der Waals surface area contributed by atoms with Crippen LogP contribution >= 0.6 is 23.7 Å². The second-order valence-electron chi connectivity index (χ2n) is 6.60. The summed E-state index contributed by atoms with van der Waals surface area (Å²) >= 11 is 2.74. The summed E-state index contributed by atoms with van der Waals surface area (Å²) < 4.78 is 4.38. The van der Waals surface area contributed by atoms with E-state index >= 15 is 0 Å². The van der Waals surface area contributed by atoms with Crippen LogP contribution in [0.2, 0.25) is 0 Å². The molecule has 1 aromatic carbocycles. The molecule has 0 unspecified atom stereocenters. The molecule has 0 fully saturated rings. The van der Waals surface area contributed by atoms with Crippen molar-refractivity contribution in [3.8, 4) is 0 Å². The van der Waals surface area contributed by atoms with Crippen molar-refractivity contribution in [1.82, 2.24) is 4.90 Å². The second-order valence-corrected chi connectivity index (χ2v) is 8.31. The fraction of sp³-hybridized carbons (Fsp3) is 0.333. The quantitative estimate of drug-likeness (QED) is 0.630. The van der Waals surface area contributed by atoms with Gasteiger partial charge in [-0.25, -0.2) is 4.90 Å². The fourth-order valence-corrected chi connectivity index (χ4v) is 4.17. The highest BCUT2D eigenvalue weighted by molar-refractivity contribution is 8.19. The molecule has 0 saturated carbocycles. The van der Waals surface area contributed by atoms with Crippen LogP contribution in [-0.2, 0) is 4.79 Å². The van der Waals surface area contributed by atoms with E-state index in [-0.39, 0.29) is 11.4 Å². The van der Waals surface area contributed by atoms with Gasteiger partial charge in [0.25, 0.3) is 5.91 Å². The molecule has 0 atom stereocenters. The molecule has 1 amide bonds. The number of amidine groups is 3. The summed E-state index contributed by atoms with van der Waals surface area (Å²) in [6.45, 7) is 4.27. The van der Waals surface area contributed by atoms with E-state index in [9.17, 15) is 4.79 Å². The van der Waals surface area contributed by atoms with Crippen molar-refractivity contribution in [2.45, 2.75) is 13.8 Å². The minimum atomic E-state index is -0.393. The molecule has 3 rings (SSSR count). The summed E-state index contributed by atoms with van der Waals surface area (Å²) in [6.07, 6.45) is 1.72. The molecule has 136 valence electrons. The fourth-order valence-electron chi connectivity index (χ4n) is 2.37. The first-order chi connectivity index (χ1) is 12.4. The van der Waals surface area contributed by atoms with Gasteiger partial charge in [0.15, 0.2) is 5.17 Å². The van der Waals surface area contributed by atoms with E-state index in [1.54, 1.807) is 22.7 Å². The molecule has 1 aromatic rings. The van der Waals surface area contributed by atoms with E-state index in [1.165, 1.54) is 0 Å². The predicted molar refractivity (Wildman–Crippen MR) is 113 cm³/mol. The van der Waals surface area contributed by atoms with Gasteiger partial charge in [-0.3, -0.25) is 10.2 Å². The Morgan fingerprint density at radius 3 is 2.62 bits per heavy atom. The molecule has 2 aliphatic heterocycles. The molecule has 0 saturated heterocycles. The molecule has 0 bridgehead atoms. The molecule has 1 N–H and O–H groups in total. The predicted octanol–water partition coefficient (Wildman–Crippen LogP) is 3.72. The Balaban J connectivity index is 1.86. The van der Waals surface area contributed by atoms with Crippen molar-refractivity contribution in [2.24, 2.45) is 15.3 Å². The van der Waals surface area contributed by atoms with Gasteiger partial charge >= 0.3 is 0 Å². The van der Waals surface area contributed by atoms with Crippen molar-refractivity contribution < 1.29 is 4.79 Å². The molecule has 2 heterocycles. The zero-order chi connectivity index (χ0) is 18.8. The molecular weight excluding hydrogens is 366 g/mol. The van der Waals surface area contributed by atoms with Crippen LogP contribution in [0, 0.1) is 11.3 Å². The Labute approximate surface area is 162 Å². The maximum absolute atomic E-state index is 12.4. The Morgan fingerprint density at radius 1 is 1.31 bits per heavy atom. The highest BCUT2D eigenvalue weighted by atomic mass is 32.2. The average Bonchev–Trinajstić information content (AvgIpc) is 3.00. The van der Waals surface area contributed by atoms with Crippen LogP contribution in [0.3, 0.4) is 0 Å². The standard InChI is InChI=1S/C18H21N5OS2/c1-11(2)10-25-18-21-26-17-20-16(24)14(15(19)23(17)18)9-12-5-7-13(8-6-12)22(3)4/h5-9,11,19H,10H2,1-4H3/b14-9-,19-15?. The lowest BCUT2D eigenvalue weighted by Gasteiger charge is -2.24. The van der Waals surface area contributed by atoms with E-state index < -0.39 is 5.91 Å². The maximum Gasteiger partial charge on any atom is 0.283 e. The van der Waals surface area contributed by atoms with E-state index in [2.05, 4.69) is 23.2 Å². The van der Waals surface area contributed by atoms with Gasteiger partial charge in [-0.1, -0.05) is 37.7 Å². The van der Waals surface area contributed by atoms with Gasteiger partial charge in [-0.15, -0.1) is 0 Å². The van der Waals surface area contributed by atoms with Gasteiger partial charge < -0.3 is 4.90 Å². The van der Waals surface area contributed by atoms with Gasteiger partial charge in [-0.05, 0) is 29.7 Å². The van der Waals surface area contributed by atoms with Crippen molar-refractivity contribution in [1.29, 1.82) is 5.41 Å². The number of anilines is 1. The minimum Gasteiger partial charge on any atom is -0.378 e. The lowest BCUT2D eigenvalue weighted by molar-refractivity contribution is -0.114. The first-order valence-electron chi connectivity index (χ1n) is 8.25. The Bertz CT molecular complexity index is 824. The molecule has 6 nitrogen and oxygen atoms in total. The molecule has 8 heteroatoms. The van der Waals surface area contributed by atoms with E-state index in [0.29, 0.717) is 16.3 Å². The lowest BCUT2D eigenvalue weighted by atomic mass is 10.1. The van der Waals surface area contributed by atoms with Gasteiger partial charge in [0, 0.05) is 25.5 Å². The van der Waals surface area contributed by atoms with Crippen molar-refractivity contribution in [3.63, 3.8) is 0 Å². The number of carbonyl (C=O) groups is 1. The molecule has 0 aliphatic carbocycles. The van der Waals surface area contributed by atoms with Gasteiger partial charge in [-0.2, -0.15) is 9.39 Å². The monoisotopic (exact) mass is 387 g/mol. The summed E-state index contributed by atoms with van der Waals surface area (Å²) in [5.74, 6) is 1.15. The highest BCUT2D eigenvalue weighted by Crippen LogP contribution is 2.32. The van der Waals surface area contributed by atoms with E-state index in [1.807, 2.05) is 43.3 Å². The van der Waals surface area contributed by atoms with Crippen molar-refractivity contribution in [3.05, 3.63) is 35.4 Å². The van der Waals surface area contributed by atoms with Crippen LogP contribution < -0.4 is 4.90 Å². The molecule has 2 aliphatic rings. The van der Waals surface area contributed by atoms with Crippen molar-refractivity contribution in [2.75, 3.05) is 24.7 Å². The second kappa shape index (κ2) is 7.67. The number of carbonyl (C=O) groups excluding carboxylic acids is 1. The minimum absolute atomic E-state index is 0.136. The number of amides is 1. The zero-order valence-corrected chi connectivity index (χ0v) is 16.8. The number of aliphatic imine (C=N–C) groups is 1. The number of thioether (sulfide) groups is 1. The molecular formula is C18H21N5OS2. The van der Waals surface area contributed by atoms with Crippen LogP contribution in [0.4, 0.5) is 5.69 Å². The summed E-state index contributed by atoms with van der Waals surface area (Å²) in [4.78, 5) is 20.2. The van der Waals surface area contributed by atoms with Crippen LogP contribution in [-0.4, -0.2) is 46.8 Å². The van der Waals surface area contributed by atoms with Gasteiger partial charge in [0.05, 0.1) is 17.5 Å². The third-order valence-electron chi connectivity index (χ3n) is 3.76. The number of benzene rings is 1. The summed E-state index contributed by atoms with van der Waals surface area (Å²) in [5.41, 5.74) is 2.22. The highest BCUT2D eigenvalue weighted by Gasteiger charge is 2.37. The Hall–Kier alpha value is -2.06. The third kappa shape index (κ3) is 3.86. The first-order valence-corrected chi connectivity index (χ1v) is 10.0. The number of rotatable bonds is 4. The van der Waals surface area contributed by atoms with Crippen molar-refractivity contribution >= 4 is 57.6 Å². The Morgan fingerprint density at radius 2 is 2.00 bits per heavy atom. The largest absolute Gasteiger partial charge is 0.378 e. The number of hydrogen-bond donors (Lipinski definition) is 1. The average molecular weight is 388 g/mol. The van der Waals surface area contributed by atoms with E-state index in [0.717, 1.165) is 29.0 Å². The van der Waals surface area contributed by atoms with Crippen LogP contribution in [0.25, 0.3) is 6.08 Å². The van der Waals surface area contributed by atoms with Gasteiger partial charge in [0.2, 0.25) is 5.17 Å². The zero-order valence-electron chi connectivity index (χ0n) is 15.2. The first kappa shape index (κ1) is 18.7. The van der Waals surface area contributed by atoms with Crippen LogP contribution in [0.1, 0.15) is 19.4 Å². The molecule has 0 aromatic heterocycles. The van der Waals surface area contributed by atoms with E-state index in [4.69, 9.17) is 5.41 Å². The molecule has 26 heavy (non-hydrogen) atoms. The smallest absolute Gasteiger partial charge is 0.283 e. The summed E-state index contributed by atoms with van der Waals surface area (Å²) in [7, 11) is 3.95. The Kier molecular flexibility index (Phi) is 5.52. The SMILES string of the molecule is CC(C)CSC1=NSC2=NC(=O)/C(=C\c3ccc(N(C)C)cc3)C(=N)N12. The summed E-state index contributed by atoms with van der Waals surface area (Å²) in [6, 6.07) is 7.83. The normalized spacial score (nSPS) is 18.3. The van der Waals surface area contributed by atoms with Crippen LogP contribution in [0.5, 0.6) is 0 Å². The third-order valence-corrected chi connectivity index (χ3v) is 5.94. The van der Waals surface area contributed by atoms with Gasteiger partial charge in [0.1, 0.15) is 5.84 Å². The number of nitrogens with one attached hydrogen (secondary N) is 1.